The van der Waals surface area contributed by atoms with Gasteiger partial charge in [0.05, 0.1) is 47.5 Å². The van der Waals surface area contributed by atoms with Gasteiger partial charge in [-0.05, 0) is 18.2 Å². The number of quaternary nitrogens is 1. The number of amides is 1. The molecule has 1 aliphatic rings. The zero-order valence-electron chi connectivity index (χ0n) is 16.0. The highest BCUT2D eigenvalue weighted by molar-refractivity contribution is 5.95. The summed E-state index contributed by atoms with van der Waals surface area (Å²) < 4.78 is 16.0. The molecule has 27 heavy (non-hydrogen) atoms. The third-order valence-corrected chi connectivity index (χ3v) is 4.85. The number of methoxy groups -OCH3 is 3. The summed E-state index contributed by atoms with van der Waals surface area (Å²) in [5, 5.41) is 0. The molecule has 0 saturated carbocycles. The molecule has 1 N–H and O–H groups in total. The van der Waals surface area contributed by atoms with Crippen molar-refractivity contribution in [3.8, 4) is 17.2 Å². The average Bonchev–Trinajstić information content (AvgIpc) is 2.73. The molecule has 3 rings (SSSR count). The van der Waals surface area contributed by atoms with Gasteiger partial charge in [-0.3, -0.25) is 9.78 Å². The summed E-state index contributed by atoms with van der Waals surface area (Å²) in [6.45, 7) is 4.17. The van der Waals surface area contributed by atoms with Gasteiger partial charge < -0.3 is 24.0 Å². The molecule has 1 fully saturated rings. The summed E-state index contributed by atoms with van der Waals surface area (Å²) in [6, 6.07) is 7.46. The van der Waals surface area contributed by atoms with Crippen LogP contribution in [-0.2, 0) is 6.54 Å². The van der Waals surface area contributed by atoms with E-state index in [2.05, 4.69) is 11.1 Å². The number of piperazine rings is 1. The van der Waals surface area contributed by atoms with Gasteiger partial charge in [0.25, 0.3) is 5.91 Å². The van der Waals surface area contributed by atoms with E-state index in [1.807, 2.05) is 17.2 Å². The minimum atomic E-state index is -0.0188. The van der Waals surface area contributed by atoms with Gasteiger partial charge in [0.2, 0.25) is 5.75 Å². The largest absolute Gasteiger partial charge is 0.493 e. The van der Waals surface area contributed by atoms with Crippen molar-refractivity contribution in [3.05, 3.63) is 47.8 Å². The highest BCUT2D eigenvalue weighted by atomic mass is 16.5. The molecule has 1 amide bonds. The highest BCUT2D eigenvalue weighted by Gasteiger charge is 2.26. The molecular formula is C20H26N3O4+. The second-order valence-corrected chi connectivity index (χ2v) is 6.49. The van der Waals surface area contributed by atoms with E-state index >= 15 is 0 Å². The molecule has 7 heteroatoms. The van der Waals surface area contributed by atoms with E-state index in [0.29, 0.717) is 35.9 Å². The second-order valence-electron chi connectivity index (χ2n) is 6.49. The first-order valence-electron chi connectivity index (χ1n) is 8.98. The Balaban J connectivity index is 1.67. The zero-order valence-corrected chi connectivity index (χ0v) is 16.0. The molecule has 0 unspecified atom stereocenters. The van der Waals surface area contributed by atoms with Crippen molar-refractivity contribution in [1.29, 1.82) is 0 Å². The van der Waals surface area contributed by atoms with Gasteiger partial charge in [-0.15, -0.1) is 0 Å². The molecule has 0 atom stereocenters. The van der Waals surface area contributed by atoms with Gasteiger partial charge in [-0.1, -0.05) is 6.07 Å². The summed E-state index contributed by atoms with van der Waals surface area (Å²) in [6.07, 6.45) is 3.69. The Kier molecular flexibility index (Phi) is 6.13. The quantitative estimate of drug-likeness (QED) is 0.807. The van der Waals surface area contributed by atoms with Gasteiger partial charge in [0, 0.05) is 23.5 Å². The van der Waals surface area contributed by atoms with Crippen LogP contribution in [0.25, 0.3) is 0 Å². The Hall–Kier alpha value is -2.80. The number of aromatic nitrogens is 1. The first kappa shape index (κ1) is 19.0. The zero-order chi connectivity index (χ0) is 19.2. The van der Waals surface area contributed by atoms with Gasteiger partial charge >= 0.3 is 0 Å². The van der Waals surface area contributed by atoms with Crippen LogP contribution in [0.5, 0.6) is 17.2 Å². The number of benzene rings is 1. The minimum absolute atomic E-state index is 0.0188. The van der Waals surface area contributed by atoms with Crippen LogP contribution in [-0.4, -0.2) is 63.3 Å². The molecule has 1 aliphatic heterocycles. The summed E-state index contributed by atoms with van der Waals surface area (Å²) >= 11 is 0. The number of pyridine rings is 1. The molecule has 2 heterocycles. The number of ether oxygens (including phenoxy) is 3. The van der Waals surface area contributed by atoms with E-state index < -0.39 is 0 Å². The lowest BCUT2D eigenvalue weighted by molar-refractivity contribution is -0.917. The first-order chi connectivity index (χ1) is 13.2. The van der Waals surface area contributed by atoms with Crippen LogP contribution in [0.4, 0.5) is 0 Å². The summed E-state index contributed by atoms with van der Waals surface area (Å²) in [4.78, 5) is 20.5. The molecule has 1 saturated heterocycles. The van der Waals surface area contributed by atoms with Crippen molar-refractivity contribution in [1.82, 2.24) is 9.88 Å². The molecule has 7 nitrogen and oxygen atoms in total. The van der Waals surface area contributed by atoms with E-state index in [1.54, 1.807) is 39.7 Å². The molecule has 1 aromatic heterocycles. The first-order valence-corrected chi connectivity index (χ1v) is 8.98. The predicted molar refractivity (Wildman–Crippen MR) is 101 cm³/mol. The van der Waals surface area contributed by atoms with Crippen molar-refractivity contribution in [2.24, 2.45) is 0 Å². The van der Waals surface area contributed by atoms with Crippen LogP contribution >= 0.6 is 0 Å². The maximum atomic E-state index is 13.0. The molecule has 0 spiro atoms. The average molecular weight is 372 g/mol. The van der Waals surface area contributed by atoms with Crippen LogP contribution < -0.4 is 19.1 Å². The molecular weight excluding hydrogens is 346 g/mol. The summed E-state index contributed by atoms with van der Waals surface area (Å²) in [5.74, 6) is 1.44. The smallest absolute Gasteiger partial charge is 0.254 e. The predicted octanol–water partition coefficient (Wildman–Crippen LogP) is 0.648. The monoisotopic (exact) mass is 372 g/mol. The molecule has 0 bridgehead atoms. The van der Waals surface area contributed by atoms with Crippen molar-refractivity contribution in [3.63, 3.8) is 0 Å². The van der Waals surface area contributed by atoms with Crippen LogP contribution in [0.2, 0.25) is 0 Å². The molecule has 2 aromatic rings. The van der Waals surface area contributed by atoms with Crippen molar-refractivity contribution < 1.29 is 23.9 Å². The number of carbonyl (C=O) groups excluding carboxylic acids is 1. The van der Waals surface area contributed by atoms with Crippen LogP contribution in [0.1, 0.15) is 15.9 Å². The van der Waals surface area contributed by atoms with Crippen LogP contribution in [0.3, 0.4) is 0 Å². The third kappa shape index (κ3) is 4.31. The standard InChI is InChI=1S/C20H25N3O4/c1-25-17-11-16(12-18(26-2)19(17)27-3)20(24)23-9-7-22(8-10-23)14-15-5-4-6-21-13-15/h4-6,11-13H,7-10,14H2,1-3H3/p+1. The maximum Gasteiger partial charge on any atom is 0.254 e. The number of nitrogens with one attached hydrogen (secondary N) is 1. The van der Waals surface area contributed by atoms with E-state index in [0.717, 1.165) is 19.6 Å². The Morgan fingerprint density at radius 3 is 2.30 bits per heavy atom. The Bertz CT molecular complexity index is 749. The van der Waals surface area contributed by atoms with Crippen molar-refractivity contribution >= 4 is 5.91 Å². The Morgan fingerprint density at radius 1 is 1.11 bits per heavy atom. The molecule has 144 valence electrons. The van der Waals surface area contributed by atoms with Crippen molar-refractivity contribution in [2.75, 3.05) is 47.5 Å². The van der Waals surface area contributed by atoms with E-state index in [-0.39, 0.29) is 5.91 Å². The summed E-state index contributed by atoms with van der Waals surface area (Å²) in [5.41, 5.74) is 1.76. The number of nitrogens with zero attached hydrogens (tertiary/aromatic N) is 2. The number of rotatable bonds is 6. The second kappa shape index (κ2) is 8.73. The summed E-state index contributed by atoms with van der Waals surface area (Å²) in [7, 11) is 4.64. The SMILES string of the molecule is COc1cc(C(=O)N2CC[NH+](Cc3cccnc3)CC2)cc(OC)c1OC. The minimum Gasteiger partial charge on any atom is -0.493 e. The lowest BCUT2D eigenvalue weighted by atomic mass is 10.1. The fraction of sp³-hybridized carbons (Fsp3) is 0.400. The molecule has 1 aromatic carbocycles. The number of carbonyl (C=O) groups is 1. The normalized spacial score (nSPS) is 14.7. The van der Waals surface area contributed by atoms with E-state index in [1.165, 1.54) is 10.5 Å². The highest BCUT2D eigenvalue weighted by Crippen LogP contribution is 2.38. The maximum absolute atomic E-state index is 13.0. The topological polar surface area (TPSA) is 65.3 Å². The molecule has 0 aliphatic carbocycles. The van der Waals surface area contributed by atoms with E-state index in [9.17, 15) is 4.79 Å². The fourth-order valence-electron chi connectivity index (χ4n) is 3.38. The van der Waals surface area contributed by atoms with Gasteiger partial charge in [0.1, 0.15) is 6.54 Å². The Morgan fingerprint density at radius 2 is 1.78 bits per heavy atom. The lowest BCUT2D eigenvalue weighted by Gasteiger charge is -2.32. The number of hydrogen-bond acceptors (Lipinski definition) is 5. The van der Waals surface area contributed by atoms with Crippen LogP contribution in [0, 0.1) is 0 Å². The van der Waals surface area contributed by atoms with Gasteiger partial charge in [-0.2, -0.15) is 0 Å². The third-order valence-electron chi connectivity index (χ3n) is 4.85. The molecule has 0 radical (unpaired) electrons. The lowest BCUT2D eigenvalue weighted by Crippen LogP contribution is -3.13. The fourth-order valence-corrected chi connectivity index (χ4v) is 3.38. The van der Waals surface area contributed by atoms with Crippen LogP contribution in [0.15, 0.2) is 36.7 Å². The Labute approximate surface area is 159 Å². The number of hydrogen-bond donors (Lipinski definition) is 1. The van der Waals surface area contributed by atoms with Crippen molar-refractivity contribution in [2.45, 2.75) is 6.54 Å². The van der Waals surface area contributed by atoms with Gasteiger partial charge in [-0.25, -0.2) is 0 Å². The van der Waals surface area contributed by atoms with E-state index in [4.69, 9.17) is 14.2 Å². The van der Waals surface area contributed by atoms with Gasteiger partial charge in [0.15, 0.2) is 11.5 Å².